The first-order valence-corrected chi connectivity index (χ1v) is 5.67. The Labute approximate surface area is 102 Å². The molecular formula is C11H22N2O4. The first-order valence-electron chi connectivity index (χ1n) is 5.67. The zero-order valence-electron chi connectivity index (χ0n) is 10.7. The molecule has 0 bridgehead atoms. The fourth-order valence-corrected chi connectivity index (χ4v) is 1.43. The highest BCUT2D eigenvalue weighted by Gasteiger charge is 2.23. The van der Waals surface area contributed by atoms with Crippen molar-refractivity contribution in [1.29, 1.82) is 0 Å². The Balaban J connectivity index is 4.33. The van der Waals surface area contributed by atoms with Crippen molar-refractivity contribution in [2.24, 2.45) is 5.73 Å². The number of carbonyl (C=O) groups is 2. The summed E-state index contributed by atoms with van der Waals surface area (Å²) in [5.41, 5.74) is 5.68. The third kappa shape index (κ3) is 6.23. The fraction of sp³-hybridized carbons (Fsp3) is 0.818. The maximum atomic E-state index is 12.0. The fourth-order valence-electron chi connectivity index (χ4n) is 1.43. The van der Waals surface area contributed by atoms with Crippen LogP contribution in [-0.4, -0.2) is 54.2 Å². The second-order valence-corrected chi connectivity index (χ2v) is 4.16. The number of carboxylic acid groups (broad SMARTS) is 1. The van der Waals surface area contributed by atoms with Gasteiger partial charge in [0, 0.05) is 26.1 Å². The van der Waals surface area contributed by atoms with Crippen LogP contribution in [0, 0.1) is 0 Å². The van der Waals surface area contributed by atoms with Gasteiger partial charge in [0.05, 0.1) is 12.6 Å². The summed E-state index contributed by atoms with van der Waals surface area (Å²) in [7, 11) is 1.56. The lowest BCUT2D eigenvalue weighted by Gasteiger charge is -2.29. The number of methoxy groups -OCH3 is 1. The van der Waals surface area contributed by atoms with Crippen molar-refractivity contribution in [3.8, 4) is 0 Å². The monoisotopic (exact) mass is 246 g/mol. The molecule has 1 atom stereocenters. The predicted octanol–water partition coefficient (Wildman–Crippen LogP) is 0.0619. The molecule has 0 aliphatic carbocycles. The molecule has 0 spiro atoms. The molecule has 0 rings (SSSR count). The van der Waals surface area contributed by atoms with Crippen LogP contribution < -0.4 is 5.73 Å². The number of nitrogens with two attached hydrogens (primary N) is 1. The van der Waals surface area contributed by atoms with Gasteiger partial charge < -0.3 is 20.5 Å². The van der Waals surface area contributed by atoms with Gasteiger partial charge in [-0.15, -0.1) is 0 Å². The van der Waals surface area contributed by atoms with Crippen LogP contribution in [0.1, 0.15) is 26.7 Å². The van der Waals surface area contributed by atoms with Gasteiger partial charge in [-0.2, -0.15) is 0 Å². The quantitative estimate of drug-likeness (QED) is 0.632. The number of nitrogens with zero attached hydrogens (tertiary/aromatic N) is 1. The molecule has 0 fully saturated rings. The van der Waals surface area contributed by atoms with Crippen molar-refractivity contribution in [3.05, 3.63) is 0 Å². The lowest BCUT2D eigenvalue weighted by Crippen LogP contribution is -2.48. The molecule has 0 aromatic carbocycles. The minimum absolute atomic E-state index is 0.0218. The molecule has 0 radical (unpaired) electrons. The summed E-state index contributed by atoms with van der Waals surface area (Å²) in [4.78, 5) is 24.0. The molecule has 0 aromatic heterocycles. The van der Waals surface area contributed by atoms with E-state index in [9.17, 15) is 9.59 Å². The van der Waals surface area contributed by atoms with E-state index < -0.39 is 12.0 Å². The summed E-state index contributed by atoms with van der Waals surface area (Å²) in [5.74, 6) is -1.17. The average Bonchev–Trinajstić information content (AvgIpc) is 2.25. The number of carbonyl (C=O) groups excluding carboxylic acids is 1. The summed E-state index contributed by atoms with van der Waals surface area (Å²) in [6, 6.07) is -0.737. The van der Waals surface area contributed by atoms with Gasteiger partial charge in [0.15, 0.2) is 0 Å². The Hall–Kier alpha value is -1.14. The number of rotatable bonds is 8. The second-order valence-electron chi connectivity index (χ2n) is 4.16. The van der Waals surface area contributed by atoms with E-state index in [1.807, 2.05) is 13.8 Å². The molecule has 6 heteroatoms. The van der Waals surface area contributed by atoms with Crippen molar-refractivity contribution in [2.75, 3.05) is 20.3 Å². The zero-order chi connectivity index (χ0) is 13.4. The molecule has 17 heavy (non-hydrogen) atoms. The predicted molar refractivity (Wildman–Crippen MR) is 63.6 cm³/mol. The smallest absolute Gasteiger partial charge is 0.303 e. The topological polar surface area (TPSA) is 92.9 Å². The first-order chi connectivity index (χ1) is 7.90. The third-order valence-electron chi connectivity index (χ3n) is 2.43. The van der Waals surface area contributed by atoms with Crippen molar-refractivity contribution in [1.82, 2.24) is 4.90 Å². The van der Waals surface area contributed by atoms with E-state index in [2.05, 4.69) is 0 Å². The number of amides is 1. The average molecular weight is 246 g/mol. The summed E-state index contributed by atoms with van der Waals surface area (Å²) in [6.45, 7) is 4.68. The van der Waals surface area contributed by atoms with Gasteiger partial charge >= 0.3 is 5.97 Å². The van der Waals surface area contributed by atoms with E-state index in [0.717, 1.165) is 0 Å². The first kappa shape index (κ1) is 15.9. The third-order valence-corrected chi connectivity index (χ3v) is 2.43. The molecule has 3 N–H and O–H groups in total. The molecule has 0 saturated carbocycles. The van der Waals surface area contributed by atoms with Crippen LogP contribution in [-0.2, 0) is 14.3 Å². The number of ether oxygens (including phenoxy) is 1. The molecule has 0 saturated heterocycles. The van der Waals surface area contributed by atoms with Gasteiger partial charge in [0.1, 0.15) is 0 Å². The Bertz CT molecular complexity index is 256. The zero-order valence-corrected chi connectivity index (χ0v) is 10.7. The van der Waals surface area contributed by atoms with Crippen molar-refractivity contribution in [2.45, 2.75) is 38.8 Å². The standard InChI is InChI=1S/C11H22N2O4/c1-8(2)13(6-7-17-3)11(16)9(12)4-5-10(14)15/h8-9H,4-7,12H2,1-3H3,(H,14,15). The number of hydrogen-bond acceptors (Lipinski definition) is 4. The van der Waals surface area contributed by atoms with E-state index in [4.69, 9.17) is 15.6 Å². The van der Waals surface area contributed by atoms with Crippen LogP contribution in [0.5, 0.6) is 0 Å². The molecule has 6 nitrogen and oxygen atoms in total. The molecule has 0 aliphatic heterocycles. The highest BCUT2D eigenvalue weighted by molar-refractivity contribution is 5.82. The minimum Gasteiger partial charge on any atom is -0.481 e. The van der Waals surface area contributed by atoms with E-state index in [-0.39, 0.29) is 24.8 Å². The largest absolute Gasteiger partial charge is 0.481 e. The minimum atomic E-state index is -0.943. The van der Waals surface area contributed by atoms with Gasteiger partial charge in [0.2, 0.25) is 5.91 Å². The van der Waals surface area contributed by atoms with Crippen LogP contribution >= 0.6 is 0 Å². The molecule has 0 aromatic rings. The van der Waals surface area contributed by atoms with Gasteiger partial charge in [-0.25, -0.2) is 0 Å². The highest BCUT2D eigenvalue weighted by Crippen LogP contribution is 2.05. The van der Waals surface area contributed by atoms with E-state index >= 15 is 0 Å². The van der Waals surface area contributed by atoms with E-state index in [1.54, 1.807) is 12.0 Å². The molecule has 0 heterocycles. The Morgan fingerprint density at radius 3 is 2.41 bits per heavy atom. The Morgan fingerprint density at radius 1 is 1.41 bits per heavy atom. The van der Waals surface area contributed by atoms with Gasteiger partial charge in [-0.3, -0.25) is 9.59 Å². The van der Waals surface area contributed by atoms with Crippen LogP contribution in [0.25, 0.3) is 0 Å². The van der Waals surface area contributed by atoms with Gasteiger partial charge in [-0.05, 0) is 20.3 Å². The van der Waals surface area contributed by atoms with Crippen molar-refractivity contribution in [3.63, 3.8) is 0 Å². The second kappa shape index (κ2) is 8.03. The van der Waals surface area contributed by atoms with E-state index in [1.165, 1.54) is 0 Å². The summed E-state index contributed by atoms with van der Waals surface area (Å²) < 4.78 is 4.92. The molecule has 0 aliphatic rings. The summed E-state index contributed by atoms with van der Waals surface area (Å²) in [5, 5.41) is 8.53. The summed E-state index contributed by atoms with van der Waals surface area (Å²) in [6.07, 6.45) is 0.0630. The Kier molecular flexibility index (Phi) is 7.49. The lowest BCUT2D eigenvalue weighted by molar-refractivity contribution is -0.138. The Morgan fingerprint density at radius 2 is 2.00 bits per heavy atom. The molecule has 1 unspecified atom stereocenters. The summed E-state index contributed by atoms with van der Waals surface area (Å²) >= 11 is 0. The van der Waals surface area contributed by atoms with Crippen LogP contribution in [0.4, 0.5) is 0 Å². The molecule has 100 valence electrons. The molecule has 1 amide bonds. The number of carboxylic acids is 1. The lowest BCUT2D eigenvalue weighted by atomic mass is 10.1. The van der Waals surface area contributed by atoms with Crippen molar-refractivity contribution < 1.29 is 19.4 Å². The molecular weight excluding hydrogens is 224 g/mol. The number of aliphatic carboxylic acids is 1. The van der Waals surface area contributed by atoms with Crippen LogP contribution in [0.2, 0.25) is 0 Å². The maximum Gasteiger partial charge on any atom is 0.303 e. The van der Waals surface area contributed by atoms with Crippen molar-refractivity contribution >= 4 is 11.9 Å². The normalized spacial score (nSPS) is 12.5. The van der Waals surface area contributed by atoms with Gasteiger partial charge in [0.25, 0.3) is 0 Å². The van der Waals surface area contributed by atoms with Crippen LogP contribution in [0.3, 0.4) is 0 Å². The highest BCUT2D eigenvalue weighted by atomic mass is 16.5. The van der Waals surface area contributed by atoms with Gasteiger partial charge in [-0.1, -0.05) is 0 Å². The van der Waals surface area contributed by atoms with Crippen LogP contribution in [0.15, 0.2) is 0 Å². The van der Waals surface area contributed by atoms with E-state index in [0.29, 0.717) is 13.2 Å². The maximum absolute atomic E-state index is 12.0. The SMILES string of the molecule is COCCN(C(=O)C(N)CCC(=O)O)C(C)C. The number of hydrogen-bond donors (Lipinski definition) is 2.